The SMILES string of the molecule is [C-]#[N+][C@@H]1C=C[C@@H](CO[Si](C)(C)C(C)(C)C)O[C@@H]1OCC. The first kappa shape index (κ1) is 17.4. The van der Waals surface area contributed by atoms with Gasteiger partial charge in [-0.15, -0.1) is 0 Å². The molecule has 0 aliphatic carbocycles. The zero-order valence-electron chi connectivity index (χ0n) is 13.5. The summed E-state index contributed by atoms with van der Waals surface area (Å²) >= 11 is 0. The van der Waals surface area contributed by atoms with Gasteiger partial charge >= 0.3 is 0 Å². The van der Waals surface area contributed by atoms with Gasteiger partial charge < -0.3 is 18.7 Å². The van der Waals surface area contributed by atoms with Crippen molar-refractivity contribution in [2.75, 3.05) is 13.2 Å². The Hall–Kier alpha value is -0.673. The molecule has 0 saturated carbocycles. The fourth-order valence-corrected chi connectivity index (χ4v) is 2.65. The van der Waals surface area contributed by atoms with Crippen LogP contribution in [0.15, 0.2) is 12.2 Å². The molecule has 0 aromatic carbocycles. The van der Waals surface area contributed by atoms with Crippen LogP contribution in [0.2, 0.25) is 18.1 Å². The van der Waals surface area contributed by atoms with Crippen molar-refractivity contribution in [3.8, 4) is 0 Å². The number of hydrogen-bond acceptors (Lipinski definition) is 3. The minimum Gasteiger partial charge on any atom is -0.414 e. The van der Waals surface area contributed by atoms with Crippen LogP contribution in [0.5, 0.6) is 0 Å². The molecule has 1 aliphatic rings. The van der Waals surface area contributed by atoms with Crippen LogP contribution in [-0.2, 0) is 13.9 Å². The summed E-state index contributed by atoms with van der Waals surface area (Å²) in [6.45, 7) is 21.2. The Morgan fingerprint density at radius 1 is 1.30 bits per heavy atom. The molecule has 0 N–H and O–H groups in total. The van der Waals surface area contributed by atoms with Crippen molar-refractivity contribution in [3.05, 3.63) is 23.6 Å². The number of ether oxygens (including phenoxy) is 2. The zero-order valence-corrected chi connectivity index (χ0v) is 14.5. The van der Waals surface area contributed by atoms with E-state index in [2.05, 4.69) is 38.7 Å². The van der Waals surface area contributed by atoms with Crippen molar-refractivity contribution in [2.45, 2.75) is 64.3 Å². The maximum atomic E-state index is 7.14. The Morgan fingerprint density at radius 3 is 2.45 bits per heavy atom. The molecule has 0 radical (unpaired) electrons. The van der Waals surface area contributed by atoms with E-state index < -0.39 is 14.6 Å². The van der Waals surface area contributed by atoms with Crippen molar-refractivity contribution in [3.63, 3.8) is 0 Å². The number of rotatable bonds is 5. The molecule has 4 nitrogen and oxygen atoms in total. The molecule has 114 valence electrons. The van der Waals surface area contributed by atoms with Crippen LogP contribution >= 0.6 is 0 Å². The van der Waals surface area contributed by atoms with Crippen molar-refractivity contribution in [1.82, 2.24) is 0 Å². The molecule has 1 aliphatic heterocycles. The fourth-order valence-electron chi connectivity index (χ4n) is 1.63. The first-order valence-electron chi connectivity index (χ1n) is 7.17. The average molecular weight is 297 g/mol. The third-order valence-corrected chi connectivity index (χ3v) is 8.51. The Kier molecular flexibility index (Phi) is 5.96. The standard InChI is InChI=1S/C15H27NO3Si/c1-8-17-14-13(16-5)10-9-12(19-14)11-18-20(6,7)15(2,3)4/h9-10,12-14H,8,11H2,1-4,6-7H3/t12-,13+,14-/m0/s1. The van der Waals surface area contributed by atoms with E-state index >= 15 is 0 Å². The van der Waals surface area contributed by atoms with Gasteiger partial charge in [0.2, 0.25) is 6.29 Å². The number of hydrogen-bond donors (Lipinski definition) is 0. The summed E-state index contributed by atoms with van der Waals surface area (Å²) < 4.78 is 17.5. The summed E-state index contributed by atoms with van der Waals surface area (Å²) in [5.74, 6) is 0. The predicted molar refractivity (Wildman–Crippen MR) is 83.0 cm³/mol. The molecule has 20 heavy (non-hydrogen) atoms. The highest BCUT2D eigenvalue weighted by Crippen LogP contribution is 2.36. The lowest BCUT2D eigenvalue weighted by molar-refractivity contribution is -0.168. The lowest BCUT2D eigenvalue weighted by Crippen LogP contribution is -2.44. The van der Waals surface area contributed by atoms with Gasteiger partial charge in [-0.1, -0.05) is 20.8 Å². The van der Waals surface area contributed by atoms with Crippen LogP contribution < -0.4 is 0 Å². The van der Waals surface area contributed by atoms with E-state index in [1.54, 1.807) is 0 Å². The first-order valence-corrected chi connectivity index (χ1v) is 10.1. The normalized spacial score (nSPS) is 27.4. The Bertz CT molecular complexity index is 382. The second kappa shape index (κ2) is 6.86. The summed E-state index contributed by atoms with van der Waals surface area (Å²) in [6.07, 6.45) is 3.19. The van der Waals surface area contributed by atoms with Crippen molar-refractivity contribution < 1.29 is 13.9 Å². The van der Waals surface area contributed by atoms with Crippen molar-refractivity contribution in [2.24, 2.45) is 0 Å². The maximum absolute atomic E-state index is 7.14. The third-order valence-electron chi connectivity index (χ3n) is 4.01. The quantitative estimate of drug-likeness (QED) is 0.441. The molecule has 0 fully saturated rings. The highest BCUT2D eigenvalue weighted by Gasteiger charge is 2.39. The van der Waals surface area contributed by atoms with Crippen LogP contribution in [-0.4, -0.2) is 40.0 Å². The molecule has 0 aromatic rings. The molecule has 5 heteroatoms. The molecule has 0 spiro atoms. The Labute approximate surface area is 124 Å². The predicted octanol–water partition coefficient (Wildman–Crippen LogP) is 3.61. The van der Waals surface area contributed by atoms with Gasteiger partial charge in [-0.3, -0.25) is 0 Å². The monoisotopic (exact) mass is 297 g/mol. The van der Waals surface area contributed by atoms with Gasteiger partial charge in [-0.2, -0.15) is 0 Å². The lowest BCUT2D eigenvalue weighted by Gasteiger charge is -2.37. The molecule has 3 atom stereocenters. The lowest BCUT2D eigenvalue weighted by atomic mass is 10.2. The highest BCUT2D eigenvalue weighted by molar-refractivity contribution is 6.74. The summed E-state index contributed by atoms with van der Waals surface area (Å²) in [4.78, 5) is 3.51. The first-order chi connectivity index (χ1) is 9.21. The van der Waals surface area contributed by atoms with Crippen LogP contribution in [0.3, 0.4) is 0 Å². The van der Waals surface area contributed by atoms with Crippen molar-refractivity contribution >= 4 is 8.32 Å². The molecule has 0 amide bonds. The van der Waals surface area contributed by atoms with E-state index in [9.17, 15) is 0 Å². The summed E-state index contributed by atoms with van der Waals surface area (Å²) in [5, 5.41) is 0.184. The van der Waals surface area contributed by atoms with Gasteiger partial charge in [0.1, 0.15) is 6.10 Å². The van der Waals surface area contributed by atoms with E-state index in [4.69, 9.17) is 20.5 Å². The molecule has 0 aromatic heterocycles. The largest absolute Gasteiger partial charge is 0.414 e. The minimum absolute atomic E-state index is 0.126. The van der Waals surface area contributed by atoms with E-state index in [0.717, 1.165) is 0 Å². The maximum Gasteiger partial charge on any atom is 0.292 e. The van der Waals surface area contributed by atoms with Gasteiger partial charge in [0, 0.05) is 12.7 Å². The fraction of sp³-hybridized carbons (Fsp3) is 0.800. The molecule has 0 unspecified atom stereocenters. The second-order valence-corrected chi connectivity index (χ2v) is 11.4. The third kappa shape index (κ3) is 4.42. The van der Waals surface area contributed by atoms with Crippen LogP contribution in [0.25, 0.3) is 4.85 Å². The smallest absolute Gasteiger partial charge is 0.292 e. The topological polar surface area (TPSA) is 32.0 Å². The summed E-state index contributed by atoms with van der Waals surface area (Å²) in [6, 6.07) is -0.348. The second-order valence-electron chi connectivity index (χ2n) is 6.57. The van der Waals surface area contributed by atoms with Gasteiger partial charge in [-0.05, 0) is 31.1 Å². The van der Waals surface area contributed by atoms with Crippen molar-refractivity contribution in [1.29, 1.82) is 0 Å². The van der Waals surface area contributed by atoms with Crippen LogP contribution in [0, 0.1) is 6.57 Å². The van der Waals surface area contributed by atoms with Crippen LogP contribution in [0.4, 0.5) is 0 Å². The van der Waals surface area contributed by atoms with Gasteiger partial charge in [0.15, 0.2) is 8.32 Å². The molecule has 0 bridgehead atoms. The average Bonchev–Trinajstić information content (AvgIpc) is 2.36. The Balaban J connectivity index is 2.60. The summed E-state index contributed by atoms with van der Waals surface area (Å²) in [7, 11) is -1.77. The Morgan fingerprint density at radius 2 is 1.95 bits per heavy atom. The van der Waals surface area contributed by atoms with Gasteiger partial charge in [0.25, 0.3) is 6.04 Å². The number of nitrogens with zero attached hydrogens (tertiary/aromatic N) is 1. The van der Waals surface area contributed by atoms with Gasteiger partial charge in [-0.25, -0.2) is 6.57 Å². The van der Waals surface area contributed by atoms with E-state index in [-0.39, 0.29) is 17.2 Å². The van der Waals surface area contributed by atoms with E-state index in [1.165, 1.54) is 0 Å². The van der Waals surface area contributed by atoms with Gasteiger partial charge in [0.05, 0.1) is 6.61 Å². The molecular formula is C15H27NO3Si. The zero-order chi connectivity index (χ0) is 15.4. The molecular weight excluding hydrogens is 270 g/mol. The molecule has 0 saturated heterocycles. The summed E-state index contributed by atoms with van der Waals surface area (Å²) in [5.41, 5.74) is 0. The van der Waals surface area contributed by atoms with E-state index in [1.807, 2.05) is 19.1 Å². The molecule has 1 rings (SSSR count). The highest BCUT2D eigenvalue weighted by atomic mass is 28.4. The van der Waals surface area contributed by atoms with Crippen LogP contribution in [0.1, 0.15) is 27.7 Å². The van der Waals surface area contributed by atoms with E-state index in [0.29, 0.717) is 13.2 Å². The molecule has 1 heterocycles. The minimum atomic E-state index is -1.77.